The summed E-state index contributed by atoms with van der Waals surface area (Å²) >= 11 is 6.16. The molecule has 5 heteroatoms. The van der Waals surface area contributed by atoms with Crippen LogP contribution < -0.4 is 5.32 Å². The smallest absolute Gasteiger partial charge is 0.225 e. The number of anilines is 1. The Bertz CT molecular complexity index is 932. The predicted molar refractivity (Wildman–Crippen MR) is 112 cm³/mol. The van der Waals surface area contributed by atoms with Gasteiger partial charge in [-0.25, -0.2) is 4.98 Å². The SMILES string of the molecule is CCCCCCCC(=O)Nc1c(-c2cccc(Cl)c2)nc2ccc(C)cn12. The van der Waals surface area contributed by atoms with Gasteiger partial charge in [0.2, 0.25) is 5.91 Å². The summed E-state index contributed by atoms with van der Waals surface area (Å²) in [7, 11) is 0. The molecule has 0 saturated carbocycles. The van der Waals surface area contributed by atoms with Crippen molar-refractivity contribution in [2.75, 3.05) is 5.32 Å². The van der Waals surface area contributed by atoms with Crippen molar-refractivity contribution in [1.29, 1.82) is 0 Å². The van der Waals surface area contributed by atoms with E-state index in [0.29, 0.717) is 17.3 Å². The molecule has 0 fully saturated rings. The number of halogens is 1. The van der Waals surface area contributed by atoms with E-state index < -0.39 is 0 Å². The molecule has 1 N–H and O–H groups in total. The number of aromatic nitrogens is 2. The molecular formula is C22H26ClN3O. The lowest BCUT2D eigenvalue weighted by atomic mass is 10.1. The summed E-state index contributed by atoms with van der Waals surface area (Å²) < 4.78 is 1.94. The van der Waals surface area contributed by atoms with Crippen molar-refractivity contribution in [2.24, 2.45) is 0 Å². The van der Waals surface area contributed by atoms with E-state index in [0.717, 1.165) is 35.3 Å². The zero-order chi connectivity index (χ0) is 19.2. The lowest BCUT2D eigenvalue weighted by Crippen LogP contribution is -2.13. The van der Waals surface area contributed by atoms with Crippen LogP contribution in [-0.2, 0) is 4.79 Å². The van der Waals surface area contributed by atoms with E-state index in [4.69, 9.17) is 16.6 Å². The van der Waals surface area contributed by atoms with Crippen LogP contribution in [0.3, 0.4) is 0 Å². The van der Waals surface area contributed by atoms with Crippen LogP contribution in [-0.4, -0.2) is 15.3 Å². The number of carbonyl (C=O) groups excluding carboxylic acids is 1. The molecule has 0 bridgehead atoms. The van der Waals surface area contributed by atoms with Crippen molar-refractivity contribution in [3.05, 3.63) is 53.2 Å². The van der Waals surface area contributed by atoms with Gasteiger partial charge in [0.25, 0.3) is 0 Å². The predicted octanol–water partition coefficient (Wildman–Crippen LogP) is 6.26. The number of imidazole rings is 1. The molecule has 142 valence electrons. The lowest BCUT2D eigenvalue weighted by molar-refractivity contribution is -0.116. The van der Waals surface area contributed by atoms with Gasteiger partial charge in [-0.15, -0.1) is 0 Å². The number of carbonyl (C=O) groups is 1. The number of hydrogen-bond donors (Lipinski definition) is 1. The van der Waals surface area contributed by atoms with Gasteiger partial charge in [-0.1, -0.05) is 62.4 Å². The summed E-state index contributed by atoms with van der Waals surface area (Å²) in [6.45, 7) is 4.22. The molecule has 0 unspecified atom stereocenters. The Morgan fingerprint density at radius 1 is 1.15 bits per heavy atom. The van der Waals surface area contributed by atoms with E-state index in [-0.39, 0.29) is 5.91 Å². The van der Waals surface area contributed by atoms with E-state index >= 15 is 0 Å². The second kappa shape index (κ2) is 9.05. The normalized spacial score (nSPS) is 11.1. The van der Waals surface area contributed by atoms with Gasteiger partial charge in [0.05, 0.1) is 0 Å². The molecule has 2 heterocycles. The number of benzene rings is 1. The first-order valence-electron chi connectivity index (χ1n) is 9.63. The molecule has 0 atom stereocenters. The topological polar surface area (TPSA) is 46.4 Å². The monoisotopic (exact) mass is 383 g/mol. The molecule has 0 spiro atoms. The van der Waals surface area contributed by atoms with Crippen LogP contribution in [0.5, 0.6) is 0 Å². The van der Waals surface area contributed by atoms with Crippen molar-refractivity contribution in [1.82, 2.24) is 9.38 Å². The Labute approximate surface area is 165 Å². The fraction of sp³-hybridized carbons (Fsp3) is 0.364. The van der Waals surface area contributed by atoms with E-state index in [9.17, 15) is 4.79 Å². The van der Waals surface area contributed by atoms with Gasteiger partial charge in [0, 0.05) is 23.2 Å². The molecule has 1 aromatic carbocycles. The summed E-state index contributed by atoms with van der Waals surface area (Å²) in [5.74, 6) is 0.729. The van der Waals surface area contributed by atoms with Gasteiger partial charge in [0.15, 0.2) is 0 Å². The quantitative estimate of drug-likeness (QED) is 0.466. The summed E-state index contributed by atoms with van der Waals surface area (Å²) in [6.07, 6.45) is 8.14. The number of fused-ring (bicyclic) bond motifs is 1. The molecule has 2 aromatic heterocycles. The van der Waals surface area contributed by atoms with E-state index in [1.54, 1.807) is 0 Å². The highest BCUT2D eigenvalue weighted by Gasteiger charge is 2.16. The van der Waals surface area contributed by atoms with Gasteiger partial charge in [-0.3, -0.25) is 9.20 Å². The van der Waals surface area contributed by atoms with Crippen molar-refractivity contribution in [3.8, 4) is 11.3 Å². The van der Waals surface area contributed by atoms with E-state index in [1.165, 1.54) is 19.3 Å². The second-order valence-corrected chi connectivity index (χ2v) is 7.40. The Morgan fingerprint density at radius 2 is 1.96 bits per heavy atom. The summed E-state index contributed by atoms with van der Waals surface area (Å²) in [5.41, 5.74) is 3.53. The number of hydrogen-bond acceptors (Lipinski definition) is 2. The first kappa shape index (κ1) is 19.4. The second-order valence-electron chi connectivity index (χ2n) is 6.97. The number of aryl methyl sites for hydroxylation is 1. The third-order valence-electron chi connectivity index (χ3n) is 4.63. The average molecular weight is 384 g/mol. The number of nitrogens with one attached hydrogen (secondary N) is 1. The fourth-order valence-corrected chi connectivity index (χ4v) is 3.38. The number of rotatable bonds is 8. The number of unbranched alkanes of at least 4 members (excludes halogenated alkanes) is 4. The Balaban J connectivity index is 1.87. The molecule has 3 aromatic rings. The van der Waals surface area contributed by atoms with Gasteiger partial charge >= 0.3 is 0 Å². The minimum Gasteiger partial charge on any atom is -0.310 e. The van der Waals surface area contributed by atoms with Crippen LogP contribution in [0.25, 0.3) is 16.9 Å². The summed E-state index contributed by atoms with van der Waals surface area (Å²) in [6, 6.07) is 11.5. The van der Waals surface area contributed by atoms with Crippen molar-refractivity contribution in [2.45, 2.75) is 52.4 Å². The average Bonchev–Trinajstić information content (AvgIpc) is 2.99. The molecule has 0 saturated heterocycles. The zero-order valence-corrected chi connectivity index (χ0v) is 16.7. The van der Waals surface area contributed by atoms with Crippen LogP contribution in [0.1, 0.15) is 51.0 Å². The van der Waals surface area contributed by atoms with Gasteiger partial charge in [-0.2, -0.15) is 0 Å². The highest BCUT2D eigenvalue weighted by molar-refractivity contribution is 6.30. The third kappa shape index (κ3) is 4.89. The summed E-state index contributed by atoms with van der Waals surface area (Å²) in [5, 5.41) is 3.74. The molecule has 0 aliphatic heterocycles. The van der Waals surface area contributed by atoms with Crippen LogP contribution in [0, 0.1) is 6.92 Å². The largest absolute Gasteiger partial charge is 0.310 e. The van der Waals surface area contributed by atoms with E-state index in [2.05, 4.69) is 12.2 Å². The standard InChI is InChI=1S/C22H26ClN3O/c1-3-4-5-6-7-11-20(27)25-22-21(17-9-8-10-18(23)14-17)24-19-13-12-16(2)15-26(19)22/h8-10,12-15H,3-7,11H2,1-2H3,(H,25,27). The Morgan fingerprint density at radius 3 is 2.74 bits per heavy atom. The van der Waals surface area contributed by atoms with Crippen molar-refractivity contribution >= 4 is 29.0 Å². The minimum absolute atomic E-state index is 0.0260. The third-order valence-corrected chi connectivity index (χ3v) is 4.86. The summed E-state index contributed by atoms with van der Waals surface area (Å²) in [4.78, 5) is 17.3. The lowest BCUT2D eigenvalue weighted by Gasteiger charge is -2.09. The first-order chi connectivity index (χ1) is 13.1. The van der Waals surface area contributed by atoms with Gasteiger partial charge < -0.3 is 5.32 Å². The Hall–Kier alpha value is -2.33. The van der Waals surface area contributed by atoms with Gasteiger partial charge in [0.1, 0.15) is 17.2 Å². The Kier molecular flexibility index (Phi) is 6.51. The maximum Gasteiger partial charge on any atom is 0.225 e. The minimum atomic E-state index is 0.0260. The molecule has 0 aliphatic rings. The highest BCUT2D eigenvalue weighted by atomic mass is 35.5. The first-order valence-corrected chi connectivity index (χ1v) is 10.0. The fourth-order valence-electron chi connectivity index (χ4n) is 3.19. The van der Waals surface area contributed by atoms with Crippen LogP contribution in [0.15, 0.2) is 42.6 Å². The van der Waals surface area contributed by atoms with Crippen LogP contribution in [0.4, 0.5) is 5.82 Å². The van der Waals surface area contributed by atoms with E-state index in [1.807, 2.05) is 53.9 Å². The zero-order valence-electron chi connectivity index (χ0n) is 16.0. The molecule has 0 aliphatic carbocycles. The highest BCUT2D eigenvalue weighted by Crippen LogP contribution is 2.30. The molecule has 0 radical (unpaired) electrons. The molecule has 1 amide bonds. The number of pyridine rings is 1. The molecule has 4 nitrogen and oxygen atoms in total. The number of nitrogens with zero attached hydrogens (tertiary/aromatic N) is 2. The molecular weight excluding hydrogens is 358 g/mol. The van der Waals surface area contributed by atoms with Crippen molar-refractivity contribution in [3.63, 3.8) is 0 Å². The molecule has 27 heavy (non-hydrogen) atoms. The van der Waals surface area contributed by atoms with Crippen molar-refractivity contribution < 1.29 is 4.79 Å². The maximum atomic E-state index is 12.5. The maximum absolute atomic E-state index is 12.5. The molecule has 3 rings (SSSR count). The van der Waals surface area contributed by atoms with Gasteiger partial charge in [-0.05, 0) is 37.1 Å². The van der Waals surface area contributed by atoms with Crippen LogP contribution in [0.2, 0.25) is 5.02 Å². The van der Waals surface area contributed by atoms with Crippen LogP contribution >= 0.6 is 11.6 Å². The number of amides is 1.